The predicted octanol–water partition coefficient (Wildman–Crippen LogP) is 2.91. The largest absolute Gasteiger partial charge is 0.381 e. The second-order valence-electron chi connectivity index (χ2n) is 4.30. The van der Waals surface area contributed by atoms with Crippen LogP contribution < -0.4 is 5.32 Å². The summed E-state index contributed by atoms with van der Waals surface area (Å²) in [5.41, 5.74) is 0.407. The summed E-state index contributed by atoms with van der Waals surface area (Å²) in [6.07, 6.45) is 2.24. The highest BCUT2D eigenvalue weighted by molar-refractivity contribution is 5.20. The van der Waals surface area contributed by atoms with Crippen molar-refractivity contribution in [2.45, 2.75) is 32.2 Å². The van der Waals surface area contributed by atoms with Gasteiger partial charge in [-0.3, -0.25) is 0 Å². The Morgan fingerprint density at radius 2 is 2.06 bits per heavy atom. The summed E-state index contributed by atoms with van der Waals surface area (Å²) in [7, 11) is 1.82. The molecule has 1 atom stereocenters. The van der Waals surface area contributed by atoms with Crippen molar-refractivity contribution < 1.29 is 13.5 Å². The number of ether oxygens (including phenoxy) is 1. The molecule has 0 amide bonds. The van der Waals surface area contributed by atoms with Gasteiger partial charge in [0.1, 0.15) is 0 Å². The summed E-state index contributed by atoms with van der Waals surface area (Å²) in [5, 5.41) is 3.11. The lowest BCUT2D eigenvalue weighted by Crippen LogP contribution is -2.29. The standard InChI is InChI=1S/C14H21F2NO/c1-3-8-18-9-7-12(17-2)10-11-5-4-6-13(15)14(11)16/h4-6,12,17H,3,7-10H2,1-2H3. The molecular formula is C14H21F2NO. The van der Waals surface area contributed by atoms with Crippen LogP contribution in [0.4, 0.5) is 8.78 Å². The smallest absolute Gasteiger partial charge is 0.162 e. The fourth-order valence-corrected chi connectivity index (χ4v) is 1.79. The average molecular weight is 257 g/mol. The number of benzene rings is 1. The van der Waals surface area contributed by atoms with Gasteiger partial charge in [0.15, 0.2) is 11.6 Å². The van der Waals surface area contributed by atoms with E-state index in [9.17, 15) is 8.78 Å². The third kappa shape index (κ3) is 4.70. The molecule has 0 bridgehead atoms. The van der Waals surface area contributed by atoms with Gasteiger partial charge in [-0.05, 0) is 37.9 Å². The molecule has 0 fully saturated rings. The van der Waals surface area contributed by atoms with Crippen LogP contribution in [0.3, 0.4) is 0 Å². The Morgan fingerprint density at radius 3 is 2.72 bits per heavy atom. The van der Waals surface area contributed by atoms with Crippen molar-refractivity contribution in [3.63, 3.8) is 0 Å². The molecule has 0 spiro atoms. The van der Waals surface area contributed by atoms with Crippen LogP contribution in [0, 0.1) is 11.6 Å². The molecule has 1 aromatic rings. The lowest BCUT2D eigenvalue weighted by Gasteiger charge is -2.16. The summed E-state index contributed by atoms with van der Waals surface area (Å²) in [6.45, 7) is 3.43. The molecule has 18 heavy (non-hydrogen) atoms. The predicted molar refractivity (Wildman–Crippen MR) is 68.6 cm³/mol. The van der Waals surface area contributed by atoms with Crippen molar-refractivity contribution in [3.05, 3.63) is 35.4 Å². The van der Waals surface area contributed by atoms with Gasteiger partial charge < -0.3 is 10.1 Å². The van der Waals surface area contributed by atoms with Gasteiger partial charge in [0, 0.05) is 19.3 Å². The van der Waals surface area contributed by atoms with E-state index in [0.717, 1.165) is 25.5 Å². The van der Waals surface area contributed by atoms with Crippen LogP contribution in [0.1, 0.15) is 25.3 Å². The van der Waals surface area contributed by atoms with Gasteiger partial charge >= 0.3 is 0 Å². The number of likely N-dealkylation sites (N-methyl/N-ethyl adjacent to an activating group) is 1. The van der Waals surface area contributed by atoms with Gasteiger partial charge in [-0.25, -0.2) is 8.78 Å². The maximum Gasteiger partial charge on any atom is 0.162 e. The maximum absolute atomic E-state index is 13.5. The number of halogens is 2. The summed E-state index contributed by atoms with van der Waals surface area (Å²) in [6, 6.07) is 4.39. The number of hydrogen-bond donors (Lipinski definition) is 1. The Hall–Kier alpha value is -1.00. The topological polar surface area (TPSA) is 21.3 Å². The molecule has 0 aliphatic rings. The van der Waals surface area contributed by atoms with Gasteiger partial charge in [-0.15, -0.1) is 0 Å². The molecule has 0 heterocycles. The molecule has 4 heteroatoms. The van der Waals surface area contributed by atoms with Crippen LogP contribution >= 0.6 is 0 Å². The lowest BCUT2D eigenvalue weighted by atomic mass is 10.0. The quantitative estimate of drug-likeness (QED) is 0.723. The minimum atomic E-state index is -0.787. The fourth-order valence-electron chi connectivity index (χ4n) is 1.79. The highest BCUT2D eigenvalue weighted by Crippen LogP contribution is 2.14. The van der Waals surface area contributed by atoms with E-state index in [1.54, 1.807) is 6.07 Å². The molecule has 1 N–H and O–H groups in total. The van der Waals surface area contributed by atoms with Crippen LogP contribution in [0.25, 0.3) is 0 Å². The van der Waals surface area contributed by atoms with E-state index < -0.39 is 11.6 Å². The van der Waals surface area contributed by atoms with Crippen LogP contribution in [0.5, 0.6) is 0 Å². The Balaban J connectivity index is 2.49. The van der Waals surface area contributed by atoms with E-state index in [1.807, 2.05) is 7.05 Å². The minimum Gasteiger partial charge on any atom is -0.381 e. The average Bonchev–Trinajstić information content (AvgIpc) is 2.38. The van der Waals surface area contributed by atoms with E-state index in [-0.39, 0.29) is 6.04 Å². The van der Waals surface area contributed by atoms with Crippen molar-refractivity contribution in [1.29, 1.82) is 0 Å². The van der Waals surface area contributed by atoms with E-state index >= 15 is 0 Å². The van der Waals surface area contributed by atoms with Crippen LogP contribution in [-0.4, -0.2) is 26.3 Å². The molecule has 0 aliphatic heterocycles. The lowest BCUT2D eigenvalue weighted by molar-refractivity contribution is 0.125. The first-order chi connectivity index (χ1) is 8.69. The van der Waals surface area contributed by atoms with Gasteiger partial charge in [-0.2, -0.15) is 0 Å². The highest BCUT2D eigenvalue weighted by Gasteiger charge is 2.13. The van der Waals surface area contributed by atoms with Gasteiger partial charge in [0.05, 0.1) is 0 Å². The summed E-state index contributed by atoms with van der Waals surface area (Å²) in [5.74, 6) is -1.53. The molecule has 1 unspecified atom stereocenters. The van der Waals surface area contributed by atoms with E-state index in [4.69, 9.17) is 4.74 Å². The molecule has 1 rings (SSSR count). The van der Waals surface area contributed by atoms with E-state index in [2.05, 4.69) is 12.2 Å². The molecule has 0 aliphatic carbocycles. The molecule has 0 radical (unpaired) electrons. The summed E-state index contributed by atoms with van der Waals surface area (Å²) < 4.78 is 32.0. The highest BCUT2D eigenvalue weighted by atomic mass is 19.2. The first-order valence-electron chi connectivity index (χ1n) is 6.37. The third-order valence-electron chi connectivity index (χ3n) is 2.87. The Kier molecular flexibility index (Phi) is 6.83. The normalized spacial score (nSPS) is 12.7. The van der Waals surface area contributed by atoms with Crippen LogP contribution in [0.2, 0.25) is 0 Å². The molecule has 0 saturated carbocycles. The molecule has 2 nitrogen and oxygen atoms in total. The van der Waals surface area contributed by atoms with Crippen molar-refractivity contribution in [2.75, 3.05) is 20.3 Å². The Bertz CT molecular complexity index is 358. The van der Waals surface area contributed by atoms with Crippen molar-refractivity contribution in [2.24, 2.45) is 0 Å². The zero-order valence-electron chi connectivity index (χ0n) is 11.0. The molecule has 0 saturated heterocycles. The molecule has 1 aromatic carbocycles. The minimum absolute atomic E-state index is 0.0955. The van der Waals surface area contributed by atoms with Crippen LogP contribution in [0.15, 0.2) is 18.2 Å². The fraction of sp³-hybridized carbons (Fsp3) is 0.571. The van der Waals surface area contributed by atoms with Gasteiger partial charge in [0.2, 0.25) is 0 Å². The number of rotatable bonds is 8. The summed E-state index contributed by atoms with van der Waals surface area (Å²) >= 11 is 0. The molecular weight excluding hydrogens is 236 g/mol. The van der Waals surface area contributed by atoms with Crippen molar-refractivity contribution in [3.8, 4) is 0 Å². The zero-order chi connectivity index (χ0) is 13.4. The monoisotopic (exact) mass is 257 g/mol. The zero-order valence-corrected chi connectivity index (χ0v) is 11.0. The number of hydrogen-bond acceptors (Lipinski definition) is 2. The van der Waals surface area contributed by atoms with Crippen LogP contribution in [-0.2, 0) is 11.2 Å². The maximum atomic E-state index is 13.5. The van der Waals surface area contributed by atoms with Crippen molar-refractivity contribution >= 4 is 0 Å². The number of nitrogens with one attached hydrogen (secondary N) is 1. The Morgan fingerprint density at radius 1 is 1.28 bits per heavy atom. The van der Waals surface area contributed by atoms with E-state index in [1.165, 1.54) is 6.07 Å². The first kappa shape index (κ1) is 15.1. The third-order valence-corrected chi connectivity index (χ3v) is 2.87. The Labute approximate surface area is 107 Å². The second-order valence-corrected chi connectivity index (χ2v) is 4.30. The van der Waals surface area contributed by atoms with Gasteiger partial charge in [-0.1, -0.05) is 19.1 Å². The molecule has 102 valence electrons. The molecule has 0 aromatic heterocycles. The van der Waals surface area contributed by atoms with Crippen molar-refractivity contribution in [1.82, 2.24) is 5.32 Å². The van der Waals surface area contributed by atoms with E-state index in [0.29, 0.717) is 18.6 Å². The second kappa shape index (κ2) is 8.16. The summed E-state index contributed by atoms with van der Waals surface area (Å²) in [4.78, 5) is 0. The SMILES string of the molecule is CCCOCCC(Cc1cccc(F)c1F)NC. The van der Waals surface area contributed by atoms with Gasteiger partial charge in [0.25, 0.3) is 0 Å². The first-order valence-corrected chi connectivity index (χ1v) is 6.37.